The highest BCUT2D eigenvalue weighted by molar-refractivity contribution is 5.95. The lowest BCUT2D eigenvalue weighted by Crippen LogP contribution is -2.69. The number of hydroxylamine groups is 2. The Kier molecular flexibility index (Phi) is 14.0. The lowest BCUT2D eigenvalue weighted by molar-refractivity contribution is -0.213. The zero-order valence-electron chi connectivity index (χ0n) is 40.7. The number of carbonyl (C=O) groups is 6. The fraction of sp³-hybridized carbons (Fsp3) is 0.418. The minimum absolute atomic E-state index is 0.00792. The molecule has 4 heterocycles. The molecular formula is C55H59N3O14. The summed E-state index contributed by atoms with van der Waals surface area (Å²) >= 11 is 0. The number of hydrogen-bond acceptors (Lipinski definition) is 15. The van der Waals surface area contributed by atoms with Crippen LogP contribution in [0.5, 0.6) is 0 Å². The second-order valence-corrected chi connectivity index (χ2v) is 20.5. The van der Waals surface area contributed by atoms with Crippen LogP contribution in [0.4, 0.5) is 0 Å². The molecule has 1 aliphatic carbocycles. The third kappa shape index (κ3) is 9.91. The van der Waals surface area contributed by atoms with E-state index in [4.69, 9.17) is 33.3 Å². The molecule has 72 heavy (non-hydrogen) atoms. The van der Waals surface area contributed by atoms with E-state index in [0.29, 0.717) is 27.8 Å². The van der Waals surface area contributed by atoms with Gasteiger partial charge in [-0.15, -0.1) is 0 Å². The summed E-state index contributed by atoms with van der Waals surface area (Å²) in [7, 11) is 0. The Bertz CT molecular complexity index is 2700. The summed E-state index contributed by atoms with van der Waals surface area (Å²) in [5.41, 5.74) is 0.410. The highest BCUT2D eigenvalue weighted by Crippen LogP contribution is 2.59. The average molecular weight is 986 g/mol. The van der Waals surface area contributed by atoms with E-state index < -0.39 is 107 Å². The Hall–Kier alpha value is -6.76. The maximum absolute atomic E-state index is 15.3. The van der Waals surface area contributed by atoms with Crippen molar-refractivity contribution in [2.24, 2.45) is 10.8 Å². The Morgan fingerprint density at radius 2 is 1.56 bits per heavy atom. The number of rotatable bonds is 16. The fourth-order valence-corrected chi connectivity index (χ4v) is 10.3. The van der Waals surface area contributed by atoms with Gasteiger partial charge in [0.25, 0.3) is 5.91 Å². The number of fused-ring (bicyclic) bond motifs is 4. The van der Waals surface area contributed by atoms with Crippen molar-refractivity contribution in [2.75, 3.05) is 13.2 Å². The number of nitrogens with one attached hydrogen (secondary N) is 2. The molecule has 0 spiro atoms. The quantitative estimate of drug-likeness (QED) is 0.0747. The number of aliphatic hydroxyl groups is 1. The molecule has 0 radical (unpaired) electrons. The molecule has 0 unspecified atom stereocenters. The number of nitrogens with zero attached hydrogens (tertiary/aromatic N) is 1. The minimum Gasteiger partial charge on any atom is -0.462 e. The van der Waals surface area contributed by atoms with Gasteiger partial charge in [0.2, 0.25) is 17.8 Å². The van der Waals surface area contributed by atoms with Crippen LogP contribution in [0.2, 0.25) is 0 Å². The first kappa shape index (κ1) is 50.2. The van der Waals surface area contributed by atoms with E-state index in [1.807, 2.05) is 60.7 Å². The molecule has 9 rings (SSSR count). The topological polar surface area (TPSA) is 215 Å². The normalized spacial score (nSPS) is 26.2. The number of aliphatic hydroxyl groups excluding tert-OH is 1. The van der Waals surface area contributed by atoms with E-state index in [-0.39, 0.29) is 44.5 Å². The largest absolute Gasteiger partial charge is 0.462 e. The summed E-state index contributed by atoms with van der Waals surface area (Å²) in [5, 5.41) is 17.3. The Morgan fingerprint density at radius 1 is 0.875 bits per heavy atom. The van der Waals surface area contributed by atoms with Crippen LogP contribution in [0.1, 0.15) is 92.1 Å². The fourth-order valence-electron chi connectivity index (χ4n) is 10.3. The number of esters is 4. The van der Waals surface area contributed by atoms with Crippen molar-refractivity contribution in [3.05, 3.63) is 149 Å². The molecule has 378 valence electrons. The average Bonchev–Trinajstić information content (AvgIpc) is 4.02. The Labute approximate surface area is 417 Å². The smallest absolute Gasteiger partial charge is 0.348 e. The summed E-state index contributed by atoms with van der Waals surface area (Å²) in [6.45, 7) is 8.45. The lowest BCUT2D eigenvalue weighted by atomic mass is 9.62. The molecule has 17 nitrogen and oxygen atoms in total. The third-order valence-electron chi connectivity index (χ3n) is 13.7. The summed E-state index contributed by atoms with van der Waals surface area (Å²) < 4.78 is 36.4. The molecule has 5 fully saturated rings. The van der Waals surface area contributed by atoms with Gasteiger partial charge >= 0.3 is 23.9 Å². The lowest BCUT2D eigenvalue weighted by Gasteiger charge is -2.48. The van der Waals surface area contributed by atoms with Gasteiger partial charge in [0, 0.05) is 47.6 Å². The molecule has 17 heteroatoms. The van der Waals surface area contributed by atoms with Gasteiger partial charge in [-0.2, -0.15) is 5.06 Å². The van der Waals surface area contributed by atoms with Crippen LogP contribution >= 0.6 is 0 Å². The highest BCUT2D eigenvalue weighted by atomic mass is 16.8. The van der Waals surface area contributed by atoms with E-state index in [2.05, 4.69) is 10.6 Å². The van der Waals surface area contributed by atoms with Gasteiger partial charge < -0.3 is 44.2 Å². The van der Waals surface area contributed by atoms with Crippen LogP contribution in [0, 0.1) is 10.8 Å². The predicted molar refractivity (Wildman–Crippen MR) is 256 cm³/mol. The van der Waals surface area contributed by atoms with Crippen molar-refractivity contribution in [2.45, 2.75) is 121 Å². The first-order chi connectivity index (χ1) is 34.4. The third-order valence-corrected chi connectivity index (χ3v) is 13.7. The van der Waals surface area contributed by atoms with Gasteiger partial charge in [-0.25, -0.2) is 9.59 Å². The van der Waals surface area contributed by atoms with Crippen LogP contribution in [0.15, 0.2) is 115 Å². The van der Waals surface area contributed by atoms with Gasteiger partial charge in [0.1, 0.15) is 42.0 Å². The van der Waals surface area contributed by atoms with Gasteiger partial charge in [0.05, 0.1) is 19.2 Å². The SMILES string of the molecule is CC(C)(C)OC(=O)CC[C@@H](CO)NC(=O)c1cccc(CNC(=O)[C@@]23C[C@H]4OC(=O)[C@@H]2N(Cc2ccccc2C=CC(=O)O[C@H]2C(=O)OCC2(C)C)O[C@@H]3[C@H]2OC(c3ccccc3)(c3ccccc3)O[C@H]24)c1. The summed E-state index contributed by atoms with van der Waals surface area (Å²) in [4.78, 5) is 88.1. The number of benzene rings is 4. The number of carbonyl (C=O) groups excluding carboxylic acids is 6. The Morgan fingerprint density at radius 3 is 2.22 bits per heavy atom. The Balaban J connectivity index is 0.998. The molecule has 3 N–H and O–H groups in total. The molecule has 4 saturated heterocycles. The summed E-state index contributed by atoms with van der Waals surface area (Å²) in [6, 6.07) is 30.6. The highest BCUT2D eigenvalue weighted by Gasteiger charge is 2.76. The molecule has 1 saturated carbocycles. The molecule has 4 aliphatic heterocycles. The first-order valence-electron chi connectivity index (χ1n) is 24.2. The second-order valence-electron chi connectivity index (χ2n) is 20.5. The van der Waals surface area contributed by atoms with E-state index in [1.54, 1.807) is 89.2 Å². The standard InChI is InChI=1S/C55H59N3O14/c1-52(2,3)69-42(61)26-24-39(31-59)57-48(62)35-18-14-15-33(27-35)29-56-51(65)54-28-40-43-44(71-55(70-43,37-19-8-6-9-20-37)38-21-10-7-11-22-38)46(54)72-58(45(54)49(63)67-40)30-36-17-13-12-16-34(36)23-25-41(60)68-47-50(64)66-32-53(47,4)5/h6-23,25,27,39-40,43-47,59H,24,26,28-32H2,1-5H3,(H,56,65)(H,57,62)/t39-,40+,43-,44-,45-,46+,47-,54-/m0/s1. The summed E-state index contributed by atoms with van der Waals surface area (Å²) in [6.07, 6.45) is -1.98. The van der Waals surface area contributed by atoms with Crippen molar-refractivity contribution >= 4 is 41.8 Å². The summed E-state index contributed by atoms with van der Waals surface area (Å²) in [5.74, 6) is -4.99. The van der Waals surface area contributed by atoms with Gasteiger partial charge in [0.15, 0.2) is 6.04 Å². The van der Waals surface area contributed by atoms with E-state index >= 15 is 4.79 Å². The van der Waals surface area contributed by atoms with Crippen LogP contribution in [0.3, 0.4) is 0 Å². The van der Waals surface area contributed by atoms with Crippen molar-refractivity contribution in [3.8, 4) is 0 Å². The predicted octanol–water partition coefficient (Wildman–Crippen LogP) is 5.21. The van der Waals surface area contributed by atoms with Crippen LogP contribution < -0.4 is 10.6 Å². The van der Waals surface area contributed by atoms with Gasteiger partial charge in [-0.05, 0) is 62.1 Å². The van der Waals surface area contributed by atoms with Crippen LogP contribution in [0.25, 0.3) is 6.08 Å². The van der Waals surface area contributed by atoms with Crippen molar-refractivity contribution in [3.63, 3.8) is 0 Å². The number of amides is 2. The first-order valence-corrected chi connectivity index (χ1v) is 24.2. The molecule has 4 aromatic carbocycles. The van der Waals surface area contributed by atoms with Crippen molar-refractivity contribution in [1.29, 1.82) is 0 Å². The maximum Gasteiger partial charge on any atom is 0.348 e. The molecule has 4 aromatic rings. The zero-order valence-corrected chi connectivity index (χ0v) is 40.7. The molecule has 5 aliphatic rings. The second kappa shape index (κ2) is 20.0. The van der Waals surface area contributed by atoms with E-state index in [0.717, 1.165) is 0 Å². The van der Waals surface area contributed by atoms with Gasteiger partial charge in [-0.1, -0.05) is 111 Å². The molecule has 2 amide bonds. The number of hydrogen-bond donors (Lipinski definition) is 3. The molecule has 8 atom stereocenters. The van der Waals surface area contributed by atoms with Crippen molar-refractivity contribution < 1.29 is 67.1 Å². The molecule has 2 bridgehead atoms. The minimum atomic E-state index is -1.59. The monoisotopic (exact) mass is 985 g/mol. The van der Waals surface area contributed by atoms with Crippen LogP contribution in [-0.4, -0.2) is 107 Å². The number of cyclic esters (lactones) is 1. The van der Waals surface area contributed by atoms with E-state index in [1.165, 1.54) is 11.1 Å². The van der Waals surface area contributed by atoms with Gasteiger partial charge in [-0.3, -0.25) is 24.0 Å². The van der Waals surface area contributed by atoms with Crippen molar-refractivity contribution in [1.82, 2.24) is 15.7 Å². The van der Waals surface area contributed by atoms with Crippen LogP contribution in [-0.2, 0) is 76.1 Å². The zero-order chi connectivity index (χ0) is 51.0. The molecular weight excluding hydrogens is 927 g/mol. The number of ether oxygens (including phenoxy) is 6. The van der Waals surface area contributed by atoms with E-state index in [9.17, 15) is 29.1 Å². The molecule has 0 aromatic heterocycles. The maximum atomic E-state index is 15.3.